The third-order valence-corrected chi connectivity index (χ3v) is 3.01. The second-order valence-electron chi connectivity index (χ2n) is 4.42. The van der Waals surface area contributed by atoms with Gasteiger partial charge in [-0.05, 0) is 18.2 Å². The largest absolute Gasteiger partial charge is 0.393 e. The average Bonchev–Trinajstić information content (AvgIpc) is 2.40. The molecule has 0 fully saturated rings. The monoisotopic (exact) mass is 275 g/mol. The summed E-state index contributed by atoms with van der Waals surface area (Å²) in [6, 6.07) is 11.0. The number of nitrogen functional groups attached to an aromatic ring is 1. The Morgan fingerprint density at radius 2 is 1.95 bits per heavy atom. The standard InChI is InChI=1S/C14H14FN3O2/c1-17(9-10-5-2-3-6-11(10)15)13-8-4-7-12(16)14(13)18(19)20/h2-8H,9,16H2,1H3. The number of nitrogens with zero attached hydrogens (tertiary/aromatic N) is 2. The van der Waals surface area contributed by atoms with Crippen LogP contribution >= 0.6 is 0 Å². The predicted molar refractivity (Wildman–Crippen MR) is 76.0 cm³/mol. The first-order chi connectivity index (χ1) is 9.50. The molecule has 0 aliphatic rings. The Kier molecular flexibility index (Phi) is 3.84. The van der Waals surface area contributed by atoms with Crippen molar-refractivity contribution in [2.45, 2.75) is 6.54 Å². The van der Waals surface area contributed by atoms with Gasteiger partial charge in [0, 0.05) is 19.2 Å². The van der Waals surface area contributed by atoms with Crippen LogP contribution in [0.3, 0.4) is 0 Å². The lowest BCUT2D eigenvalue weighted by Gasteiger charge is -2.20. The molecule has 0 saturated heterocycles. The number of benzene rings is 2. The molecule has 0 saturated carbocycles. The Labute approximate surface area is 115 Å². The summed E-state index contributed by atoms with van der Waals surface area (Å²) in [5.41, 5.74) is 6.39. The SMILES string of the molecule is CN(Cc1ccccc1F)c1cccc(N)c1[N+](=O)[O-]. The molecule has 0 aromatic heterocycles. The highest BCUT2D eigenvalue weighted by molar-refractivity contribution is 5.75. The van der Waals surface area contributed by atoms with E-state index in [1.807, 2.05) is 0 Å². The van der Waals surface area contributed by atoms with E-state index < -0.39 is 4.92 Å². The number of nitro groups is 1. The summed E-state index contributed by atoms with van der Waals surface area (Å²) in [5, 5.41) is 11.1. The molecule has 0 heterocycles. The molecule has 0 aliphatic heterocycles. The quantitative estimate of drug-likeness (QED) is 0.529. The van der Waals surface area contributed by atoms with Gasteiger partial charge < -0.3 is 10.6 Å². The maximum Gasteiger partial charge on any atom is 0.315 e. The molecule has 6 heteroatoms. The molecule has 104 valence electrons. The smallest absolute Gasteiger partial charge is 0.315 e. The maximum atomic E-state index is 13.6. The zero-order chi connectivity index (χ0) is 14.7. The van der Waals surface area contributed by atoms with Gasteiger partial charge in [0.2, 0.25) is 0 Å². The first-order valence-electron chi connectivity index (χ1n) is 5.98. The van der Waals surface area contributed by atoms with E-state index in [1.165, 1.54) is 12.1 Å². The second-order valence-corrected chi connectivity index (χ2v) is 4.42. The third-order valence-electron chi connectivity index (χ3n) is 3.01. The fraction of sp³-hybridized carbons (Fsp3) is 0.143. The van der Waals surface area contributed by atoms with Crippen LogP contribution in [0.2, 0.25) is 0 Å². The molecule has 5 nitrogen and oxygen atoms in total. The lowest BCUT2D eigenvalue weighted by Crippen LogP contribution is -2.19. The summed E-state index contributed by atoms with van der Waals surface area (Å²) in [5.74, 6) is -0.342. The second kappa shape index (κ2) is 5.56. The zero-order valence-electron chi connectivity index (χ0n) is 10.9. The van der Waals surface area contributed by atoms with E-state index in [1.54, 1.807) is 42.3 Å². The van der Waals surface area contributed by atoms with Crippen LogP contribution < -0.4 is 10.6 Å². The number of hydrogen-bond acceptors (Lipinski definition) is 4. The van der Waals surface area contributed by atoms with Gasteiger partial charge in [0.25, 0.3) is 0 Å². The predicted octanol–water partition coefficient (Wildman–Crippen LogP) is 2.95. The van der Waals surface area contributed by atoms with Crippen molar-refractivity contribution in [2.24, 2.45) is 0 Å². The van der Waals surface area contributed by atoms with E-state index in [0.717, 1.165) is 0 Å². The highest BCUT2D eigenvalue weighted by Gasteiger charge is 2.21. The zero-order valence-corrected chi connectivity index (χ0v) is 10.9. The highest BCUT2D eigenvalue weighted by atomic mass is 19.1. The third kappa shape index (κ3) is 2.69. The van der Waals surface area contributed by atoms with Gasteiger partial charge in [-0.2, -0.15) is 0 Å². The lowest BCUT2D eigenvalue weighted by molar-refractivity contribution is -0.383. The fourth-order valence-corrected chi connectivity index (χ4v) is 2.02. The van der Waals surface area contributed by atoms with Crippen molar-refractivity contribution in [2.75, 3.05) is 17.7 Å². The number of nitro benzene ring substituents is 1. The minimum atomic E-state index is -0.525. The van der Waals surface area contributed by atoms with Crippen LogP contribution in [0.15, 0.2) is 42.5 Å². The summed E-state index contributed by atoms with van der Waals surface area (Å²) in [6.07, 6.45) is 0. The van der Waals surface area contributed by atoms with Gasteiger partial charge >= 0.3 is 5.69 Å². The normalized spacial score (nSPS) is 10.3. The van der Waals surface area contributed by atoms with E-state index in [4.69, 9.17) is 5.73 Å². The molecule has 0 bridgehead atoms. The van der Waals surface area contributed by atoms with E-state index in [-0.39, 0.29) is 23.7 Å². The van der Waals surface area contributed by atoms with Crippen LogP contribution in [0.25, 0.3) is 0 Å². The molecule has 0 atom stereocenters. The van der Waals surface area contributed by atoms with Crippen LogP contribution in [0, 0.1) is 15.9 Å². The summed E-state index contributed by atoms with van der Waals surface area (Å²) >= 11 is 0. The van der Waals surface area contributed by atoms with Crippen LogP contribution in [0.1, 0.15) is 5.56 Å². The van der Waals surface area contributed by atoms with Gasteiger partial charge in [-0.25, -0.2) is 4.39 Å². The van der Waals surface area contributed by atoms with Crippen molar-refractivity contribution in [1.82, 2.24) is 0 Å². The van der Waals surface area contributed by atoms with Gasteiger partial charge in [0.15, 0.2) is 0 Å². The molecule has 0 aliphatic carbocycles. The molecular formula is C14H14FN3O2. The Bertz CT molecular complexity index is 646. The minimum Gasteiger partial charge on any atom is -0.393 e. The molecule has 20 heavy (non-hydrogen) atoms. The van der Waals surface area contributed by atoms with Crippen LogP contribution in [0.4, 0.5) is 21.5 Å². The number of halogens is 1. The Balaban J connectivity index is 2.35. The van der Waals surface area contributed by atoms with Crippen LogP contribution in [-0.2, 0) is 6.54 Å². The molecule has 0 unspecified atom stereocenters. The first kappa shape index (κ1) is 13.8. The first-order valence-corrected chi connectivity index (χ1v) is 5.98. The number of rotatable bonds is 4. The molecule has 2 N–H and O–H groups in total. The topological polar surface area (TPSA) is 72.4 Å². The summed E-state index contributed by atoms with van der Waals surface area (Å²) < 4.78 is 13.6. The van der Waals surface area contributed by atoms with Gasteiger partial charge in [-0.15, -0.1) is 0 Å². The van der Waals surface area contributed by atoms with Gasteiger partial charge in [0.05, 0.1) is 4.92 Å². The van der Waals surface area contributed by atoms with Crippen molar-refractivity contribution in [1.29, 1.82) is 0 Å². The molecule has 2 aromatic rings. The molecule has 0 amide bonds. The lowest BCUT2D eigenvalue weighted by atomic mass is 10.1. The molecule has 0 radical (unpaired) electrons. The van der Waals surface area contributed by atoms with E-state index in [0.29, 0.717) is 11.3 Å². The van der Waals surface area contributed by atoms with E-state index >= 15 is 0 Å². The fourth-order valence-electron chi connectivity index (χ4n) is 2.02. The Morgan fingerprint density at radius 1 is 1.25 bits per heavy atom. The van der Waals surface area contributed by atoms with Crippen LogP contribution in [-0.4, -0.2) is 12.0 Å². The molecular weight excluding hydrogens is 261 g/mol. The van der Waals surface area contributed by atoms with Crippen molar-refractivity contribution in [3.63, 3.8) is 0 Å². The highest BCUT2D eigenvalue weighted by Crippen LogP contribution is 2.33. The van der Waals surface area contributed by atoms with Gasteiger partial charge in [0.1, 0.15) is 17.2 Å². The summed E-state index contributed by atoms with van der Waals surface area (Å²) in [6.45, 7) is 0.219. The van der Waals surface area contributed by atoms with E-state index in [2.05, 4.69) is 0 Å². The Hall–Kier alpha value is -2.63. The van der Waals surface area contributed by atoms with E-state index in [9.17, 15) is 14.5 Å². The average molecular weight is 275 g/mol. The van der Waals surface area contributed by atoms with Gasteiger partial charge in [-0.3, -0.25) is 10.1 Å². The van der Waals surface area contributed by atoms with Crippen molar-refractivity contribution < 1.29 is 9.31 Å². The van der Waals surface area contributed by atoms with Crippen molar-refractivity contribution in [3.05, 3.63) is 64.0 Å². The minimum absolute atomic E-state index is 0.0906. The van der Waals surface area contributed by atoms with Crippen molar-refractivity contribution in [3.8, 4) is 0 Å². The van der Waals surface area contributed by atoms with Crippen LogP contribution in [0.5, 0.6) is 0 Å². The number of nitrogens with two attached hydrogens (primary N) is 1. The molecule has 2 rings (SSSR count). The molecule has 2 aromatic carbocycles. The molecule has 0 spiro atoms. The Morgan fingerprint density at radius 3 is 2.60 bits per heavy atom. The number of hydrogen-bond donors (Lipinski definition) is 1. The number of para-hydroxylation sites is 1. The summed E-state index contributed by atoms with van der Waals surface area (Å²) in [4.78, 5) is 12.2. The van der Waals surface area contributed by atoms with Crippen molar-refractivity contribution >= 4 is 17.1 Å². The van der Waals surface area contributed by atoms with Gasteiger partial charge in [-0.1, -0.05) is 24.3 Å². The summed E-state index contributed by atoms with van der Waals surface area (Å²) in [7, 11) is 1.66. The maximum absolute atomic E-state index is 13.6. The number of anilines is 2.